The number of ketones is 1. The first-order valence-corrected chi connectivity index (χ1v) is 6.42. The maximum absolute atomic E-state index is 12.1. The molecular weight excluding hydrogens is 234 g/mol. The molecule has 0 radical (unpaired) electrons. The lowest BCUT2D eigenvalue weighted by molar-refractivity contribution is 0.0977. The van der Waals surface area contributed by atoms with Crippen LogP contribution >= 0.6 is 11.8 Å². The maximum atomic E-state index is 12.1. The van der Waals surface area contributed by atoms with Crippen LogP contribution in [-0.4, -0.2) is 16.2 Å². The Hall–Kier alpha value is -1.55. The summed E-state index contributed by atoms with van der Waals surface area (Å²) in [5.41, 5.74) is 1.77. The van der Waals surface area contributed by atoms with Crippen molar-refractivity contribution >= 4 is 17.5 Å². The number of carbonyl (C=O) groups is 1. The molecule has 0 saturated heterocycles. The van der Waals surface area contributed by atoms with Gasteiger partial charge in [0.15, 0.2) is 11.5 Å². The second-order valence-electron chi connectivity index (χ2n) is 4.00. The molecule has 1 aromatic heterocycles. The van der Waals surface area contributed by atoms with Gasteiger partial charge in [0.05, 0.1) is 5.25 Å². The number of benzene rings is 1. The van der Waals surface area contributed by atoms with Crippen molar-refractivity contribution in [2.75, 3.05) is 0 Å². The van der Waals surface area contributed by atoms with Gasteiger partial charge in [-0.1, -0.05) is 23.4 Å². The largest absolute Gasteiger partial charge is 0.364 e. The molecule has 1 unspecified atom stereocenters. The van der Waals surface area contributed by atoms with Crippen molar-refractivity contribution in [1.82, 2.24) is 5.16 Å². The second-order valence-corrected chi connectivity index (χ2v) is 5.25. The predicted octanol–water partition coefficient (Wildman–Crippen LogP) is 2.96. The second kappa shape index (κ2) is 4.37. The minimum absolute atomic E-state index is 0.0324. The van der Waals surface area contributed by atoms with Crippen molar-refractivity contribution in [2.45, 2.75) is 23.0 Å². The average Bonchev–Trinajstić information content (AvgIpc) is 2.91. The van der Waals surface area contributed by atoms with E-state index in [1.807, 2.05) is 12.1 Å². The molecule has 17 heavy (non-hydrogen) atoms. The van der Waals surface area contributed by atoms with Gasteiger partial charge in [0, 0.05) is 11.0 Å². The molecule has 1 atom stereocenters. The summed E-state index contributed by atoms with van der Waals surface area (Å²) in [5.74, 6) is 0.0678. The lowest BCUT2D eigenvalue weighted by atomic mass is 10.0. The van der Waals surface area contributed by atoms with Gasteiger partial charge < -0.3 is 4.52 Å². The van der Waals surface area contributed by atoms with E-state index in [4.69, 9.17) is 4.52 Å². The van der Waals surface area contributed by atoms with Crippen LogP contribution in [-0.2, 0) is 6.42 Å². The Bertz CT molecular complexity index is 536. The SMILES string of the molecule is O=C(c1ccon1)C1CCc2ccccc2S1. The van der Waals surface area contributed by atoms with Crippen molar-refractivity contribution in [1.29, 1.82) is 0 Å². The third-order valence-corrected chi connectivity index (χ3v) is 4.29. The van der Waals surface area contributed by atoms with Crippen LogP contribution < -0.4 is 0 Å². The quantitative estimate of drug-likeness (QED) is 0.763. The molecule has 0 bridgehead atoms. The molecule has 2 heterocycles. The van der Waals surface area contributed by atoms with Crippen molar-refractivity contribution in [3.63, 3.8) is 0 Å². The van der Waals surface area contributed by atoms with Crippen LogP contribution in [0, 0.1) is 0 Å². The Kier molecular flexibility index (Phi) is 2.73. The highest BCUT2D eigenvalue weighted by Crippen LogP contribution is 2.36. The lowest BCUT2D eigenvalue weighted by Crippen LogP contribution is -2.21. The summed E-state index contributed by atoms with van der Waals surface area (Å²) in [7, 11) is 0. The molecular formula is C13H11NO2S. The van der Waals surface area contributed by atoms with Crippen LogP contribution in [0.15, 0.2) is 46.0 Å². The van der Waals surface area contributed by atoms with Gasteiger partial charge in [-0.25, -0.2) is 0 Å². The lowest BCUT2D eigenvalue weighted by Gasteiger charge is -2.21. The summed E-state index contributed by atoms with van der Waals surface area (Å²) in [5, 5.41) is 3.68. The molecule has 4 heteroatoms. The summed E-state index contributed by atoms with van der Waals surface area (Å²) in [4.78, 5) is 13.3. The third kappa shape index (κ3) is 2.00. The molecule has 0 N–H and O–H groups in total. The molecule has 0 aliphatic carbocycles. The molecule has 0 amide bonds. The van der Waals surface area contributed by atoms with E-state index in [0.717, 1.165) is 12.8 Å². The molecule has 0 spiro atoms. The van der Waals surface area contributed by atoms with Gasteiger partial charge in [-0.2, -0.15) is 0 Å². The fourth-order valence-corrected chi connectivity index (χ4v) is 3.26. The van der Waals surface area contributed by atoms with Crippen molar-refractivity contribution in [3.8, 4) is 0 Å². The molecule has 3 rings (SSSR count). The number of thioether (sulfide) groups is 1. The summed E-state index contributed by atoms with van der Waals surface area (Å²) in [6.07, 6.45) is 3.26. The summed E-state index contributed by atoms with van der Waals surface area (Å²) in [6.45, 7) is 0. The van der Waals surface area contributed by atoms with E-state index in [1.54, 1.807) is 17.8 Å². The van der Waals surface area contributed by atoms with Gasteiger partial charge in [-0.15, -0.1) is 11.8 Å². The number of hydrogen-bond acceptors (Lipinski definition) is 4. The van der Waals surface area contributed by atoms with E-state index in [1.165, 1.54) is 16.7 Å². The first-order chi connectivity index (χ1) is 8.34. The Balaban J connectivity index is 1.83. The number of aryl methyl sites for hydroxylation is 1. The first-order valence-electron chi connectivity index (χ1n) is 5.54. The van der Waals surface area contributed by atoms with E-state index in [2.05, 4.69) is 17.3 Å². The number of carbonyl (C=O) groups excluding carboxylic acids is 1. The van der Waals surface area contributed by atoms with Crippen LogP contribution in [0.3, 0.4) is 0 Å². The zero-order valence-electron chi connectivity index (χ0n) is 9.13. The molecule has 0 fully saturated rings. The Labute approximate surface area is 103 Å². The predicted molar refractivity (Wildman–Crippen MR) is 65.2 cm³/mol. The smallest absolute Gasteiger partial charge is 0.197 e. The first kappa shape index (κ1) is 10.6. The normalized spacial score (nSPS) is 18.7. The standard InChI is InChI=1S/C13H11NO2S/c15-13(10-7-8-16-14-10)12-6-5-9-3-1-2-4-11(9)17-12/h1-4,7-8,12H,5-6H2. The van der Waals surface area contributed by atoms with Crippen molar-refractivity contribution in [2.24, 2.45) is 0 Å². The van der Waals surface area contributed by atoms with Crippen LogP contribution in [0.4, 0.5) is 0 Å². The highest BCUT2D eigenvalue weighted by atomic mass is 32.2. The number of Topliss-reactive ketones (excluding diaryl/α,β-unsaturated/α-hetero) is 1. The Morgan fingerprint density at radius 3 is 3.06 bits per heavy atom. The van der Waals surface area contributed by atoms with Gasteiger partial charge in [-0.3, -0.25) is 4.79 Å². The van der Waals surface area contributed by atoms with Gasteiger partial charge in [0.1, 0.15) is 6.26 Å². The molecule has 86 valence electrons. The molecule has 1 aliphatic rings. The van der Waals surface area contributed by atoms with Gasteiger partial charge in [0.2, 0.25) is 0 Å². The number of nitrogens with zero attached hydrogens (tertiary/aromatic N) is 1. The van der Waals surface area contributed by atoms with Crippen LogP contribution in [0.2, 0.25) is 0 Å². The fourth-order valence-electron chi connectivity index (χ4n) is 2.01. The molecule has 3 nitrogen and oxygen atoms in total. The van der Waals surface area contributed by atoms with E-state index in [-0.39, 0.29) is 11.0 Å². The van der Waals surface area contributed by atoms with E-state index < -0.39 is 0 Å². The summed E-state index contributed by atoms with van der Waals surface area (Å²) >= 11 is 1.63. The minimum Gasteiger partial charge on any atom is -0.364 e. The maximum Gasteiger partial charge on any atom is 0.197 e. The monoisotopic (exact) mass is 245 g/mol. The summed E-state index contributed by atoms with van der Waals surface area (Å²) in [6, 6.07) is 9.87. The Morgan fingerprint density at radius 1 is 1.35 bits per heavy atom. The van der Waals surface area contributed by atoms with Crippen molar-refractivity contribution in [3.05, 3.63) is 47.9 Å². The van der Waals surface area contributed by atoms with E-state index >= 15 is 0 Å². The molecule has 1 aromatic carbocycles. The molecule has 0 saturated carbocycles. The number of aromatic nitrogens is 1. The van der Waals surface area contributed by atoms with Gasteiger partial charge in [0.25, 0.3) is 0 Å². The van der Waals surface area contributed by atoms with Crippen molar-refractivity contribution < 1.29 is 9.32 Å². The zero-order chi connectivity index (χ0) is 11.7. The van der Waals surface area contributed by atoms with E-state index in [0.29, 0.717) is 5.69 Å². The average molecular weight is 245 g/mol. The Morgan fingerprint density at radius 2 is 2.24 bits per heavy atom. The minimum atomic E-state index is -0.0324. The van der Waals surface area contributed by atoms with Gasteiger partial charge >= 0.3 is 0 Å². The topological polar surface area (TPSA) is 43.1 Å². The fraction of sp³-hybridized carbons (Fsp3) is 0.231. The molecule has 2 aromatic rings. The number of fused-ring (bicyclic) bond motifs is 1. The molecule has 1 aliphatic heterocycles. The highest BCUT2D eigenvalue weighted by Gasteiger charge is 2.27. The number of rotatable bonds is 2. The van der Waals surface area contributed by atoms with Crippen LogP contribution in [0.1, 0.15) is 22.5 Å². The van der Waals surface area contributed by atoms with Crippen LogP contribution in [0.5, 0.6) is 0 Å². The van der Waals surface area contributed by atoms with E-state index in [9.17, 15) is 4.79 Å². The highest BCUT2D eigenvalue weighted by molar-refractivity contribution is 8.00. The zero-order valence-corrected chi connectivity index (χ0v) is 9.94. The summed E-state index contributed by atoms with van der Waals surface area (Å²) < 4.78 is 4.72. The van der Waals surface area contributed by atoms with Crippen LogP contribution in [0.25, 0.3) is 0 Å². The third-order valence-electron chi connectivity index (χ3n) is 2.90. The number of hydrogen-bond donors (Lipinski definition) is 0. The van der Waals surface area contributed by atoms with Gasteiger partial charge in [-0.05, 0) is 24.5 Å².